The van der Waals surface area contributed by atoms with Crippen molar-refractivity contribution in [2.24, 2.45) is 11.8 Å². The molecule has 8 heteroatoms. The highest BCUT2D eigenvalue weighted by molar-refractivity contribution is 6.31. The number of nitrogens with zero attached hydrogens (tertiary/aromatic N) is 1. The number of amides is 2. The Labute approximate surface area is 227 Å². The van der Waals surface area contributed by atoms with Gasteiger partial charge >= 0.3 is 6.09 Å². The van der Waals surface area contributed by atoms with Gasteiger partial charge in [0.25, 0.3) is 0 Å². The number of hydrogen-bond donors (Lipinski definition) is 1. The van der Waals surface area contributed by atoms with Crippen LogP contribution >= 0.6 is 23.2 Å². The molecule has 0 fully saturated rings. The topological polar surface area (TPSA) is 75.7 Å². The molecule has 1 unspecified atom stereocenters. The van der Waals surface area contributed by atoms with E-state index in [0.29, 0.717) is 47.2 Å². The van der Waals surface area contributed by atoms with Crippen LogP contribution in [0.2, 0.25) is 5.02 Å². The molecule has 2 aliphatic heterocycles. The van der Waals surface area contributed by atoms with Gasteiger partial charge in [0, 0.05) is 35.3 Å². The van der Waals surface area contributed by atoms with Crippen LogP contribution in [0, 0.1) is 11.8 Å². The smallest absolute Gasteiger partial charge is 0.410 e. The molecular formula is C29H30Cl2N2O4. The van der Waals surface area contributed by atoms with Gasteiger partial charge in [-0.2, -0.15) is 0 Å². The Kier molecular flexibility index (Phi) is 6.61. The minimum Gasteiger partial charge on any atom is -0.444 e. The third-order valence-corrected chi connectivity index (χ3v) is 8.03. The van der Waals surface area contributed by atoms with Crippen molar-refractivity contribution in [3.05, 3.63) is 75.3 Å². The molecule has 5 rings (SSSR count). The maximum Gasteiger partial charge on any atom is 0.410 e. The summed E-state index contributed by atoms with van der Waals surface area (Å²) in [5.41, 5.74) is 1.42. The SMILES string of the molecule is CC(C)(C)OC(=O)N1CC=C(C2=CC(=O)C[C@@H](C3C=CC=C(Cl)C3)[C@]23C(=O)Nc2cc(Cl)ccc23)CC1. The number of benzene rings is 1. The number of rotatable bonds is 2. The summed E-state index contributed by atoms with van der Waals surface area (Å²) in [6.07, 6.45) is 10.3. The van der Waals surface area contributed by atoms with Gasteiger partial charge in [0.15, 0.2) is 5.78 Å². The maximum absolute atomic E-state index is 14.1. The molecule has 1 spiro atoms. The molecule has 2 aliphatic carbocycles. The van der Waals surface area contributed by atoms with E-state index < -0.39 is 11.0 Å². The van der Waals surface area contributed by atoms with Gasteiger partial charge in [-0.05, 0) is 86.4 Å². The van der Waals surface area contributed by atoms with Crippen molar-refractivity contribution in [1.29, 1.82) is 0 Å². The Morgan fingerprint density at radius 1 is 1.19 bits per heavy atom. The highest BCUT2D eigenvalue weighted by Gasteiger charge is 2.59. The van der Waals surface area contributed by atoms with Gasteiger partial charge in [-0.15, -0.1) is 0 Å². The van der Waals surface area contributed by atoms with Crippen LogP contribution in [0.5, 0.6) is 0 Å². The van der Waals surface area contributed by atoms with Crippen molar-refractivity contribution in [2.45, 2.75) is 51.0 Å². The molecular weight excluding hydrogens is 511 g/mol. The molecule has 194 valence electrons. The second-order valence-corrected chi connectivity index (χ2v) is 12.0. The van der Waals surface area contributed by atoms with Gasteiger partial charge < -0.3 is 15.0 Å². The third-order valence-electron chi connectivity index (χ3n) is 7.51. The lowest BCUT2D eigenvalue weighted by Crippen LogP contribution is -2.50. The molecule has 0 saturated heterocycles. The average molecular weight is 541 g/mol. The first kappa shape index (κ1) is 25.8. The Hall–Kier alpha value is -2.83. The summed E-state index contributed by atoms with van der Waals surface area (Å²) in [7, 11) is 0. The van der Waals surface area contributed by atoms with Crippen molar-refractivity contribution < 1.29 is 19.1 Å². The fraction of sp³-hybridized carbons (Fsp3) is 0.414. The lowest BCUT2D eigenvalue weighted by molar-refractivity contribution is -0.124. The minimum atomic E-state index is -1.07. The van der Waals surface area contributed by atoms with Crippen molar-refractivity contribution in [2.75, 3.05) is 18.4 Å². The molecule has 2 amide bonds. The monoisotopic (exact) mass is 540 g/mol. The first-order valence-electron chi connectivity index (χ1n) is 12.6. The summed E-state index contributed by atoms with van der Waals surface area (Å²) in [6, 6.07) is 5.45. The van der Waals surface area contributed by atoms with Crippen molar-refractivity contribution in [3.63, 3.8) is 0 Å². The van der Waals surface area contributed by atoms with Gasteiger partial charge in [-0.3, -0.25) is 9.59 Å². The van der Waals surface area contributed by atoms with E-state index >= 15 is 0 Å². The predicted octanol–water partition coefficient (Wildman–Crippen LogP) is 6.31. The van der Waals surface area contributed by atoms with E-state index in [4.69, 9.17) is 27.9 Å². The highest BCUT2D eigenvalue weighted by atomic mass is 35.5. The summed E-state index contributed by atoms with van der Waals surface area (Å²) in [4.78, 5) is 41.5. The number of anilines is 1. The minimum absolute atomic E-state index is 0.0182. The summed E-state index contributed by atoms with van der Waals surface area (Å²) in [6.45, 7) is 6.27. The third kappa shape index (κ3) is 4.66. The molecule has 3 atom stereocenters. The quantitative estimate of drug-likeness (QED) is 0.476. The molecule has 37 heavy (non-hydrogen) atoms. The largest absolute Gasteiger partial charge is 0.444 e. The summed E-state index contributed by atoms with van der Waals surface area (Å²) in [5, 5.41) is 4.28. The Morgan fingerprint density at radius 2 is 1.97 bits per heavy atom. The van der Waals surface area contributed by atoms with E-state index in [1.807, 2.05) is 45.1 Å². The van der Waals surface area contributed by atoms with Gasteiger partial charge in [-0.1, -0.05) is 47.5 Å². The normalized spacial score (nSPS) is 27.4. The molecule has 0 saturated carbocycles. The highest BCUT2D eigenvalue weighted by Crippen LogP contribution is 2.57. The Bertz CT molecular complexity index is 1300. The molecule has 0 bridgehead atoms. The zero-order valence-electron chi connectivity index (χ0n) is 21.1. The number of allylic oxidation sites excluding steroid dienone is 5. The van der Waals surface area contributed by atoms with Gasteiger partial charge in [0.1, 0.15) is 11.0 Å². The van der Waals surface area contributed by atoms with Crippen molar-refractivity contribution >= 4 is 46.7 Å². The average Bonchev–Trinajstić information content (AvgIpc) is 3.10. The lowest BCUT2D eigenvalue weighted by atomic mass is 9.55. The molecule has 6 nitrogen and oxygen atoms in total. The number of hydrogen-bond acceptors (Lipinski definition) is 4. The first-order valence-corrected chi connectivity index (χ1v) is 13.3. The maximum atomic E-state index is 14.1. The number of carbonyl (C=O) groups is 3. The van der Waals surface area contributed by atoms with Crippen molar-refractivity contribution in [3.8, 4) is 0 Å². The molecule has 0 aromatic heterocycles. The van der Waals surface area contributed by atoms with Crippen LogP contribution in [-0.4, -0.2) is 41.4 Å². The van der Waals surface area contributed by atoms with E-state index in [-0.39, 0.29) is 36.0 Å². The second kappa shape index (κ2) is 9.48. The van der Waals surface area contributed by atoms with Gasteiger partial charge in [-0.25, -0.2) is 4.79 Å². The van der Waals surface area contributed by atoms with E-state index in [2.05, 4.69) is 11.4 Å². The van der Waals surface area contributed by atoms with Crippen LogP contribution in [0.25, 0.3) is 0 Å². The van der Waals surface area contributed by atoms with Crippen molar-refractivity contribution in [1.82, 2.24) is 4.90 Å². The lowest BCUT2D eigenvalue weighted by Gasteiger charge is -2.45. The van der Waals surface area contributed by atoms with E-state index in [1.165, 1.54) is 0 Å². The van der Waals surface area contributed by atoms with E-state index in [9.17, 15) is 14.4 Å². The van der Waals surface area contributed by atoms with E-state index in [0.717, 1.165) is 11.1 Å². The predicted molar refractivity (Wildman–Crippen MR) is 145 cm³/mol. The van der Waals surface area contributed by atoms with Crippen LogP contribution in [0.1, 0.15) is 45.6 Å². The standard InChI is InChI=1S/C29H30Cl2N2O4/c1-28(2,3)37-27(36)33-11-9-17(10-12-33)23-15-21(34)16-24(18-5-4-6-19(30)13-18)29(23)22-8-7-20(31)14-25(22)32-26(29)35/h4-9,14-15,18,24H,10-13,16H2,1-3H3,(H,32,35)/t18?,24-,29+/m0/s1. The Balaban J connectivity index is 1.59. The number of halogens is 2. The van der Waals surface area contributed by atoms with Gasteiger partial charge in [0.05, 0.1) is 0 Å². The summed E-state index contributed by atoms with van der Waals surface area (Å²) < 4.78 is 5.54. The van der Waals surface area contributed by atoms with Gasteiger partial charge in [0.2, 0.25) is 5.91 Å². The fourth-order valence-corrected chi connectivity index (χ4v) is 6.43. The van der Waals surface area contributed by atoms with Crippen LogP contribution in [0.15, 0.2) is 64.8 Å². The number of ether oxygens (including phenoxy) is 1. The van der Waals surface area contributed by atoms with Crippen LogP contribution < -0.4 is 5.32 Å². The number of fused-ring (bicyclic) bond motifs is 2. The number of nitrogens with one attached hydrogen (secondary N) is 1. The molecule has 1 aromatic carbocycles. The molecule has 1 N–H and O–H groups in total. The molecule has 1 aromatic rings. The van der Waals surface area contributed by atoms with Crippen LogP contribution in [0.4, 0.5) is 10.5 Å². The second-order valence-electron chi connectivity index (χ2n) is 11.1. The zero-order chi connectivity index (χ0) is 26.5. The summed E-state index contributed by atoms with van der Waals surface area (Å²) >= 11 is 12.7. The van der Waals surface area contributed by atoms with Crippen LogP contribution in [0.3, 0.4) is 0 Å². The molecule has 2 heterocycles. The van der Waals surface area contributed by atoms with E-state index in [1.54, 1.807) is 23.1 Å². The summed E-state index contributed by atoms with van der Waals surface area (Å²) in [5.74, 6) is -0.607. The molecule has 4 aliphatic rings. The number of ketones is 1. The first-order chi connectivity index (χ1) is 17.5. The number of carbonyl (C=O) groups excluding carboxylic acids is 3. The Morgan fingerprint density at radius 3 is 2.65 bits per heavy atom. The molecule has 0 radical (unpaired) electrons. The fourth-order valence-electron chi connectivity index (χ4n) is 6.01. The zero-order valence-corrected chi connectivity index (χ0v) is 22.7. The van der Waals surface area contributed by atoms with Crippen LogP contribution in [-0.2, 0) is 19.7 Å².